The lowest BCUT2D eigenvalue weighted by Gasteiger charge is -2.25. The normalized spacial score (nSPS) is 17.2. The van der Waals surface area contributed by atoms with Crippen LogP contribution in [0.5, 0.6) is 0 Å². The van der Waals surface area contributed by atoms with Crippen molar-refractivity contribution in [2.45, 2.75) is 51.9 Å². The van der Waals surface area contributed by atoms with Crippen molar-refractivity contribution in [3.8, 4) is 0 Å². The van der Waals surface area contributed by atoms with Crippen LogP contribution in [0.2, 0.25) is 0 Å². The lowest BCUT2D eigenvalue weighted by molar-refractivity contribution is -0.128. The summed E-state index contributed by atoms with van der Waals surface area (Å²) in [6, 6.07) is 0. The highest BCUT2D eigenvalue weighted by molar-refractivity contribution is 5.84. The highest BCUT2D eigenvalue weighted by Gasteiger charge is 2.21. The van der Waals surface area contributed by atoms with E-state index in [9.17, 15) is 9.59 Å². The first-order valence-electron chi connectivity index (χ1n) is 6.69. The molecule has 1 aliphatic carbocycles. The molecule has 0 aliphatic heterocycles. The minimum absolute atomic E-state index is 0.0307. The molecule has 1 atom stereocenters. The third-order valence-corrected chi connectivity index (χ3v) is 3.55. The standard InChI is InChI=1S/C13H24N2O2/c1-2-3-7-11(13(14)17)8-12(16)15-9-10-5-4-6-10/h10-11H,2-9H2,1H3,(H2,14,17)(H,15,16). The minimum atomic E-state index is -0.350. The molecule has 0 radical (unpaired) electrons. The number of amides is 2. The average Bonchev–Trinajstić information content (AvgIpc) is 2.21. The molecule has 3 N–H and O–H groups in total. The first-order chi connectivity index (χ1) is 8.13. The maximum atomic E-state index is 11.6. The quantitative estimate of drug-likeness (QED) is 0.676. The van der Waals surface area contributed by atoms with Gasteiger partial charge in [0.2, 0.25) is 11.8 Å². The summed E-state index contributed by atoms with van der Waals surface area (Å²) in [7, 11) is 0. The van der Waals surface area contributed by atoms with Gasteiger partial charge in [0, 0.05) is 18.9 Å². The van der Waals surface area contributed by atoms with Gasteiger partial charge in [0.25, 0.3) is 0 Å². The molecule has 0 aromatic carbocycles. The summed E-state index contributed by atoms with van der Waals surface area (Å²) >= 11 is 0. The highest BCUT2D eigenvalue weighted by Crippen LogP contribution is 2.25. The van der Waals surface area contributed by atoms with Crippen LogP contribution in [0.25, 0.3) is 0 Å². The van der Waals surface area contributed by atoms with Gasteiger partial charge in [-0.2, -0.15) is 0 Å². The SMILES string of the molecule is CCCCC(CC(=O)NCC1CCC1)C(N)=O. The monoisotopic (exact) mass is 240 g/mol. The van der Waals surface area contributed by atoms with Crippen LogP contribution in [0.1, 0.15) is 51.9 Å². The number of hydrogen-bond acceptors (Lipinski definition) is 2. The number of nitrogens with one attached hydrogen (secondary N) is 1. The number of hydrogen-bond donors (Lipinski definition) is 2. The Morgan fingerprint density at radius 2 is 2.12 bits per heavy atom. The zero-order valence-corrected chi connectivity index (χ0v) is 10.7. The fourth-order valence-corrected chi connectivity index (χ4v) is 2.05. The van der Waals surface area contributed by atoms with E-state index < -0.39 is 0 Å². The summed E-state index contributed by atoms with van der Waals surface area (Å²) in [5.41, 5.74) is 5.30. The van der Waals surface area contributed by atoms with Crippen LogP contribution < -0.4 is 11.1 Å². The summed E-state index contributed by atoms with van der Waals surface area (Å²) < 4.78 is 0. The van der Waals surface area contributed by atoms with Crippen LogP contribution in [-0.4, -0.2) is 18.4 Å². The summed E-state index contributed by atoms with van der Waals surface area (Å²) in [6.45, 7) is 2.83. The summed E-state index contributed by atoms with van der Waals surface area (Å²) in [6.07, 6.45) is 6.66. The second-order valence-electron chi connectivity index (χ2n) is 5.05. The van der Waals surface area contributed by atoms with Gasteiger partial charge in [-0.1, -0.05) is 26.2 Å². The van der Waals surface area contributed by atoms with Gasteiger partial charge in [-0.3, -0.25) is 9.59 Å². The third-order valence-electron chi connectivity index (χ3n) is 3.55. The molecule has 1 unspecified atom stereocenters. The molecule has 1 fully saturated rings. The van der Waals surface area contributed by atoms with Crippen molar-refractivity contribution < 1.29 is 9.59 Å². The molecular formula is C13H24N2O2. The Balaban J connectivity index is 2.22. The predicted molar refractivity (Wildman–Crippen MR) is 67.2 cm³/mol. The Labute approximate surface area is 103 Å². The van der Waals surface area contributed by atoms with Gasteiger partial charge in [0.05, 0.1) is 0 Å². The van der Waals surface area contributed by atoms with Crippen LogP contribution in [0.3, 0.4) is 0 Å². The number of nitrogens with two attached hydrogens (primary N) is 1. The number of unbranched alkanes of at least 4 members (excludes halogenated alkanes) is 1. The maximum absolute atomic E-state index is 11.6. The fraction of sp³-hybridized carbons (Fsp3) is 0.846. The van der Waals surface area contributed by atoms with Crippen molar-refractivity contribution in [3.63, 3.8) is 0 Å². The Morgan fingerprint density at radius 3 is 2.59 bits per heavy atom. The van der Waals surface area contributed by atoms with Gasteiger partial charge < -0.3 is 11.1 Å². The fourth-order valence-electron chi connectivity index (χ4n) is 2.05. The van der Waals surface area contributed by atoms with Crippen molar-refractivity contribution in [2.24, 2.45) is 17.6 Å². The topological polar surface area (TPSA) is 72.2 Å². The maximum Gasteiger partial charge on any atom is 0.221 e. The molecule has 0 heterocycles. The molecule has 1 aliphatic rings. The molecule has 0 spiro atoms. The summed E-state index contributed by atoms with van der Waals surface area (Å²) in [4.78, 5) is 22.8. The molecule has 17 heavy (non-hydrogen) atoms. The molecule has 0 bridgehead atoms. The van der Waals surface area contributed by atoms with Crippen LogP contribution in [0.15, 0.2) is 0 Å². The zero-order chi connectivity index (χ0) is 12.7. The van der Waals surface area contributed by atoms with E-state index in [0.717, 1.165) is 25.8 Å². The minimum Gasteiger partial charge on any atom is -0.369 e. The van der Waals surface area contributed by atoms with E-state index in [2.05, 4.69) is 12.2 Å². The number of primary amides is 1. The van der Waals surface area contributed by atoms with Crippen LogP contribution >= 0.6 is 0 Å². The largest absolute Gasteiger partial charge is 0.369 e. The molecule has 0 saturated heterocycles. The highest BCUT2D eigenvalue weighted by atomic mass is 16.2. The Bertz CT molecular complexity index is 262. The Kier molecular flexibility index (Phi) is 6.01. The molecule has 98 valence electrons. The van der Waals surface area contributed by atoms with Gasteiger partial charge in [-0.15, -0.1) is 0 Å². The Hall–Kier alpha value is -1.06. The van der Waals surface area contributed by atoms with Crippen molar-refractivity contribution in [2.75, 3.05) is 6.54 Å². The van der Waals surface area contributed by atoms with E-state index in [1.54, 1.807) is 0 Å². The van der Waals surface area contributed by atoms with Crippen LogP contribution in [0, 0.1) is 11.8 Å². The molecule has 4 nitrogen and oxygen atoms in total. The summed E-state index contributed by atoms with van der Waals surface area (Å²) in [5.74, 6) is -0.0213. The third kappa shape index (κ3) is 5.20. The van der Waals surface area contributed by atoms with Gasteiger partial charge in [0.15, 0.2) is 0 Å². The lowest BCUT2D eigenvalue weighted by atomic mass is 9.85. The van der Waals surface area contributed by atoms with Crippen molar-refractivity contribution in [1.29, 1.82) is 0 Å². The van der Waals surface area contributed by atoms with Crippen molar-refractivity contribution >= 4 is 11.8 Å². The molecule has 1 saturated carbocycles. The number of rotatable bonds is 8. The van der Waals surface area contributed by atoms with Crippen molar-refractivity contribution in [3.05, 3.63) is 0 Å². The average molecular weight is 240 g/mol. The first-order valence-corrected chi connectivity index (χ1v) is 6.69. The van der Waals surface area contributed by atoms with Gasteiger partial charge in [-0.05, 0) is 25.2 Å². The molecule has 0 aromatic rings. The van der Waals surface area contributed by atoms with Crippen LogP contribution in [0.4, 0.5) is 0 Å². The molecule has 0 aromatic heterocycles. The molecular weight excluding hydrogens is 216 g/mol. The smallest absolute Gasteiger partial charge is 0.221 e. The van der Waals surface area contributed by atoms with E-state index in [1.807, 2.05) is 0 Å². The summed E-state index contributed by atoms with van der Waals surface area (Å²) in [5, 5.41) is 2.90. The van der Waals surface area contributed by atoms with Gasteiger partial charge >= 0.3 is 0 Å². The van der Waals surface area contributed by atoms with Gasteiger partial charge in [-0.25, -0.2) is 0 Å². The van der Waals surface area contributed by atoms with E-state index in [4.69, 9.17) is 5.73 Å². The molecule has 1 rings (SSSR count). The van der Waals surface area contributed by atoms with Crippen LogP contribution in [-0.2, 0) is 9.59 Å². The Morgan fingerprint density at radius 1 is 1.41 bits per heavy atom. The number of carbonyl (C=O) groups is 2. The van der Waals surface area contributed by atoms with E-state index in [-0.39, 0.29) is 24.2 Å². The van der Waals surface area contributed by atoms with Crippen molar-refractivity contribution in [1.82, 2.24) is 5.32 Å². The van der Waals surface area contributed by atoms with E-state index in [0.29, 0.717) is 5.92 Å². The second kappa shape index (κ2) is 7.30. The first kappa shape index (κ1) is 14.0. The lowest BCUT2D eigenvalue weighted by Crippen LogP contribution is -2.35. The van der Waals surface area contributed by atoms with E-state index >= 15 is 0 Å². The second-order valence-corrected chi connectivity index (χ2v) is 5.05. The number of carbonyl (C=O) groups excluding carboxylic acids is 2. The molecule has 4 heteroatoms. The van der Waals surface area contributed by atoms with Gasteiger partial charge in [0.1, 0.15) is 0 Å². The predicted octanol–water partition coefficient (Wildman–Crippen LogP) is 1.58. The zero-order valence-electron chi connectivity index (χ0n) is 10.7. The van der Waals surface area contributed by atoms with E-state index in [1.165, 1.54) is 19.3 Å². The molecule has 2 amide bonds.